The lowest BCUT2D eigenvalue weighted by atomic mass is 10.1. The van der Waals surface area contributed by atoms with E-state index in [2.05, 4.69) is 10.3 Å². The van der Waals surface area contributed by atoms with E-state index >= 15 is 0 Å². The Bertz CT molecular complexity index is 997. The second kappa shape index (κ2) is 8.47. The van der Waals surface area contributed by atoms with Crippen LogP contribution in [-0.2, 0) is 4.74 Å². The summed E-state index contributed by atoms with van der Waals surface area (Å²) in [5.74, 6) is 0. The Labute approximate surface area is 176 Å². The number of carboxylic acid groups (broad SMARTS) is 1. The number of aliphatic imine (C=N–C) groups is 1. The monoisotopic (exact) mass is 436 g/mol. The number of nitro groups is 2. The molecule has 166 valence electrons. The van der Waals surface area contributed by atoms with Gasteiger partial charge in [-0.05, 0) is 27.7 Å². The summed E-state index contributed by atoms with van der Waals surface area (Å²) in [7, 11) is 0. The molecule has 2 rings (SSSR count). The Morgan fingerprint density at radius 3 is 2.42 bits per heavy atom. The van der Waals surface area contributed by atoms with Crippen molar-refractivity contribution < 1.29 is 29.3 Å². The van der Waals surface area contributed by atoms with E-state index in [0.717, 1.165) is 18.5 Å². The van der Waals surface area contributed by atoms with Crippen LogP contribution in [0.1, 0.15) is 34.1 Å². The number of benzene rings is 1. The molecule has 1 heterocycles. The smallest absolute Gasteiger partial charge is 0.444 e. The van der Waals surface area contributed by atoms with E-state index in [1.165, 1.54) is 6.20 Å². The fourth-order valence-electron chi connectivity index (χ4n) is 2.87. The maximum absolute atomic E-state index is 12.1. The molecule has 0 saturated heterocycles. The van der Waals surface area contributed by atoms with Crippen molar-refractivity contribution in [3.05, 3.63) is 50.3 Å². The van der Waals surface area contributed by atoms with Gasteiger partial charge in [-0.1, -0.05) is 0 Å². The minimum Gasteiger partial charge on any atom is -0.444 e. The van der Waals surface area contributed by atoms with Gasteiger partial charge in [0.25, 0.3) is 5.69 Å². The third kappa shape index (κ3) is 5.39. The largest absolute Gasteiger partial charge is 0.529 e. The predicted octanol–water partition coefficient (Wildman–Crippen LogP) is 3.67. The van der Waals surface area contributed by atoms with E-state index in [4.69, 9.17) is 4.74 Å². The van der Waals surface area contributed by atoms with Crippen LogP contribution in [0.15, 0.2) is 35.1 Å². The number of nitrogens with one attached hydrogen (secondary N) is 1. The van der Waals surface area contributed by atoms with Crippen LogP contribution in [0.25, 0.3) is 0 Å². The van der Waals surface area contributed by atoms with E-state index in [1.54, 1.807) is 27.7 Å². The van der Waals surface area contributed by atoms with Crippen molar-refractivity contribution in [1.29, 1.82) is 0 Å². The van der Waals surface area contributed by atoms with Gasteiger partial charge >= 0.3 is 17.9 Å². The molecule has 0 bridgehead atoms. The highest BCUT2D eigenvalue weighted by molar-refractivity contribution is 6.03. The molecule has 0 spiro atoms. The molecular formula is C18H22N5O8+. The molecule has 0 radical (unpaired) electrons. The van der Waals surface area contributed by atoms with Crippen LogP contribution in [0, 0.1) is 20.2 Å². The van der Waals surface area contributed by atoms with Crippen LogP contribution >= 0.6 is 0 Å². The van der Waals surface area contributed by atoms with Crippen LogP contribution in [0.2, 0.25) is 0 Å². The molecule has 31 heavy (non-hydrogen) atoms. The number of carbonyl (C=O) groups excluding carboxylic acids is 1. The minimum absolute atomic E-state index is 0.115. The van der Waals surface area contributed by atoms with Crippen LogP contribution in [0.5, 0.6) is 0 Å². The van der Waals surface area contributed by atoms with Crippen molar-refractivity contribution in [2.24, 2.45) is 4.99 Å². The van der Waals surface area contributed by atoms with Crippen LogP contribution in [-0.4, -0.2) is 45.1 Å². The van der Waals surface area contributed by atoms with Crippen molar-refractivity contribution in [1.82, 2.24) is 9.80 Å². The van der Waals surface area contributed by atoms with Crippen molar-refractivity contribution in [3.8, 4) is 0 Å². The number of hydrogen-bond acceptors (Lipinski definition) is 8. The summed E-state index contributed by atoms with van der Waals surface area (Å²) in [4.78, 5) is 48.7. The lowest BCUT2D eigenvalue weighted by molar-refractivity contribution is -0.393. The van der Waals surface area contributed by atoms with E-state index in [0.29, 0.717) is 6.07 Å². The Morgan fingerprint density at radius 1 is 1.26 bits per heavy atom. The van der Waals surface area contributed by atoms with Gasteiger partial charge in [0, 0.05) is 24.6 Å². The van der Waals surface area contributed by atoms with Crippen molar-refractivity contribution in [2.75, 3.05) is 0 Å². The summed E-state index contributed by atoms with van der Waals surface area (Å²) >= 11 is 0. The second-order valence-corrected chi connectivity index (χ2v) is 7.86. The Kier molecular flexibility index (Phi) is 6.40. The zero-order valence-corrected chi connectivity index (χ0v) is 17.3. The number of amides is 2. The zero-order chi connectivity index (χ0) is 23.6. The second-order valence-electron chi connectivity index (χ2n) is 7.86. The Hall–Kier alpha value is -3.87. The van der Waals surface area contributed by atoms with Gasteiger partial charge in [0.2, 0.25) is 12.0 Å². The van der Waals surface area contributed by atoms with Gasteiger partial charge in [0.1, 0.15) is 23.6 Å². The molecule has 0 saturated carbocycles. The molecule has 1 aliphatic heterocycles. The summed E-state index contributed by atoms with van der Waals surface area (Å²) in [6, 6.07) is 2.21. The van der Waals surface area contributed by atoms with Gasteiger partial charge in [-0.3, -0.25) is 20.2 Å². The molecule has 1 aromatic rings. The summed E-state index contributed by atoms with van der Waals surface area (Å²) in [6.07, 6.45) is 0.107. The molecule has 0 aromatic heterocycles. The molecule has 0 aliphatic carbocycles. The Morgan fingerprint density at radius 2 is 1.90 bits per heavy atom. The molecule has 2 N–H and O–H groups in total. The summed E-state index contributed by atoms with van der Waals surface area (Å²) < 4.78 is 4.01. The Balaban J connectivity index is 2.34. The summed E-state index contributed by atoms with van der Waals surface area (Å²) in [6.45, 7) is 6.77. The van der Waals surface area contributed by atoms with E-state index in [1.807, 2.05) is 0 Å². The van der Waals surface area contributed by atoms with Gasteiger partial charge < -0.3 is 15.2 Å². The number of quaternary nitrogens is 1. The fraction of sp³-hybridized carbons (Fsp3) is 0.389. The molecule has 13 nitrogen and oxygen atoms in total. The number of nitro benzene ring substituents is 2. The molecule has 2 atom stereocenters. The summed E-state index contributed by atoms with van der Waals surface area (Å²) in [5.41, 5.74) is -2.05. The SMILES string of the molecule is C[C@H](CC1=C[N+](C(=O)O)(c2ccc([N+](=O)[O-])cc2[N+](=O)[O-])C=N1)NC(=O)OC(C)(C)C. The minimum atomic E-state index is -1.50. The number of ether oxygens (including phenoxy) is 1. The molecule has 13 heteroatoms. The third-order valence-electron chi connectivity index (χ3n) is 4.12. The fourth-order valence-corrected chi connectivity index (χ4v) is 2.87. The number of nitrogens with zero attached hydrogens (tertiary/aromatic N) is 4. The average Bonchev–Trinajstić information content (AvgIpc) is 3.04. The van der Waals surface area contributed by atoms with E-state index in [9.17, 15) is 34.9 Å². The van der Waals surface area contributed by atoms with Crippen LogP contribution < -0.4 is 9.80 Å². The number of alkyl carbamates (subject to hydrolysis) is 1. The molecular weight excluding hydrogens is 414 g/mol. The van der Waals surface area contributed by atoms with Crippen molar-refractivity contribution in [3.63, 3.8) is 0 Å². The third-order valence-corrected chi connectivity index (χ3v) is 4.12. The van der Waals surface area contributed by atoms with Gasteiger partial charge in [-0.2, -0.15) is 4.79 Å². The highest BCUT2D eigenvalue weighted by Gasteiger charge is 2.46. The first-order valence-electron chi connectivity index (χ1n) is 9.07. The van der Waals surface area contributed by atoms with Crippen molar-refractivity contribution in [2.45, 2.75) is 45.8 Å². The van der Waals surface area contributed by atoms with Gasteiger partial charge in [0.05, 0.1) is 9.85 Å². The molecule has 2 amide bonds. The van der Waals surface area contributed by atoms with Gasteiger partial charge in [-0.15, -0.1) is 4.48 Å². The first-order valence-corrected chi connectivity index (χ1v) is 9.07. The van der Waals surface area contributed by atoms with Crippen molar-refractivity contribution >= 4 is 35.6 Å². The highest BCUT2D eigenvalue weighted by atomic mass is 16.6. The molecule has 1 aromatic carbocycles. The van der Waals surface area contributed by atoms with E-state index in [-0.39, 0.29) is 17.8 Å². The topological polar surface area (TPSA) is 174 Å². The number of hydrogen-bond donors (Lipinski definition) is 2. The highest BCUT2D eigenvalue weighted by Crippen LogP contribution is 2.38. The first-order chi connectivity index (χ1) is 14.2. The van der Waals surface area contributed by atoms with E-state index < -0.39 is 49.5 Å². The quantitative estimate of drug-likeness (QED) is 0.386. The maximum Gasteiger partial charge on any atom is 0.529 e. The predicted molar refractivity (Wildman–Crippen MR) is 110 cm³/mol. The number of non-ortho nitro benzene ring substituents is 1. The lowest BCUT2D eigenvalue weighted by Crippen LogP contribution is -2.46. The summed E-state index contributed by atoms with van der Waals surface area (Å²) in [5, 5.41) is 34.8. The molecule has 1 aliphatic rings. The van der Waals surface area contributed by atoms with Crippen LogP contribution in [0.4, 0.5) is 26.7 Å². The normalized spacial score (nSPS) is 18.8. The zero-order valence-electron chi connectivity index (χ0n) is 17.3. The molecule has 0 fully saturated rings. The maximum atomic E-state index is 12.1. The number of carbonyl (C=O) groups is 2. The van der Waals surface area contributed by atoms with Gasteiger partial charge in [-0.25, -0.2) is 9.79 Å². The number of rotatable bonds is 6. The van der Waals surface area contributed by atoms with Crippen LogP contribution in [0.3, 0.4) is 0 Å². The molecule has 1 unspecified atom stereocenters. The average molecular weight is 436 g/mol. The standard InChI is InChI=1S/C18H21N5O8/c1-11(20-16(24)31-18(2,3)4)7-12-9-23(10-19-12,17(25)26)15-6-5-13(21(27)28)8-14(15)22(29)30/h5-6,8-11H,7H2,1-4H3,(H-,20,24,25,26)/p+1/t11-,23?/m1/s1. The first kappa shape index (κ1) is 23.4. The lowest BCUT2D eigenvalue weighted by Gasteiger charge is -2.22. The van der Waals surface area contributed by atoms with Gasteiger partial charge in [0.15, 0.2) is 0 Å².